The predicted molar refractivity (Wildman–Crippen MR) is 159 cm³/mol. The van der Waals surface area contributed by atoms with E-state index in [1.165, 1.54) is 19.3 Å². The minimum Gasteiger partial charge on any atom is -0.450 e. The van der Waals surface area contributed by atoms with Crippen LogP contribution in [0.25, 0.3) is 0 Å². The standard InChI is InChI=1S/C33H62N2O4/c1-9-23-18-32(7,15-12-24(36)19-34)26-13-16-33(8)25(10-11-27(33)28(26)30(23)37)22(6)14-17-39-31(38)35-29(20(2)3)21(4)5/h20-30,36-37H,9-19,34H2,1-8H3,(H,35,38)/t22-,23-,24-,25-,26?,27?,28-,30-,32+,33-/m1/s1. The van der Waals surface area contributed by atoms with Crippen molar-refractivity contribution in [3.05, 3.63) is 0 Å². The summed E-state index contributed by atoms with van der Waals surface area (Å²) in [5.41, 5.74) is 6.11. The van der Waals surface area contributed by atoms with Gasteiger partial charge >= 0.3 is 6.09 Å². The van der Waals surface area contributed by atoms with Crippen LogP contribution < -0.4 is 11.1 Å². The minimum absolute atomic E-state index is 0.123. The molecule has 3 aliphatic rings. The van der Waals surface area contributed by atoms with Crippen molar-refractivity contribution in [2.45, 2.75) is 131 Å². The molecule has 228 valence electrons. The monoisotopic (exact) mass is 550 g/mol. The number of ether oxygens (including phenoxy) is 1. The van der Waals surface area contributed by atoms with Gasteiger partial charge in [0, 0.05) is 12.6 Å². The van der Waals surface area contributed by atoms with E-state index in [-0.39, 0.29) is 29.1 Å². The van der Waals surface area contributed by atoms with Gasteiger partial charge in [0.05, 0.1) is 18.8 Å². The average Bonchev–Trinajstić information content (AvgIpc) is 3.24. The summed E-state index contributed by atoms with van der Waals surface area (Å²) in [6.07, 6.45) is 8.51. The molecule has 0 aliphatic heterocycles. The molecule has 0 heterocycles. The second-order valence-corrected chi connectivity index (χ2v) is 15.0. The second-order valence-electron chi connectivity index (χ2n) is 15.0. The van der Waals surface area contributed by atoms with E-state index in [0.29, 0.717) is 60.5 Å². The van der Waals surface area contributed by atoms with Crippen molar-refractivity contribution in [3.63, 3.8) is 0 Å². The van der Waals surface area contributed by atoms with Gasteiger partial charge in [-0.3, -0.25) is 0 Å². The van der Waals surface area contributed by atoms with Gasteiger partial charge in [0.25, 0.3) is 0 Å². The summed E-state index contributed by atoms with van der Waals surface area (Å²) in [4.78, 5) is 12.5. The minimum atomic E-state index is -0.427. The Morgan fingerprint density at radius 3 is 2.31 bits per heavy atom. The molecule has 0 radical (unpaired) electrons. The van der Waals surface area contributed by atoms with E-state index < -0.39 is 6.10 Å². The summed E-state index contributed by atoms with van der Waals surface area (Å²) < 4.78 is 5.67. The molecule has 1 amide bonds. The summed E-state index contributed by atoms with van der Waals surface area (Å²) in [7, 11) is 0. The van der Waals surface area contributed by atoms with Gasteiger partial charge in [-0.25, -0.2) is 4.79 Å². The van der Waals surface area contributed by atoms with Crippen molar-refractivity contribution in [1.82, 2.24) is 5.32 Å². The number of hydrogen-bond donors (Lipinski definition) is 4. The number of carbonyl (C=O) groups is 1. The molecule has 10 atom stereocenters. The summed E-state index contributed by atoms with van der Waals surface area (Å²) in [6, 6.07) is 0.123. The number of aliphatic hydroxyl groups is 2. The van der Waals surface area contributed by atoms with Crippen LogP contribution >= 0.6 is 0 Å². The van der Waals surface area contributed by atoms with Gasteiger partial charge in [-0.05, 0) is 110 Å². The van der Waals surface area contributed by atoms with Crippen LogP contribution in [0.3, 0.4) is 0 Å². The van der Waals surface area contributed by atoms with E-state index in [4.69, 9.17) is 10.5 Å². The fourth-order valence-corrected chi connectivity index (χ4v) is 9.75. The molecule has 5 N–H and O–H groups in total. The zero-order chi connectivity index (χ0) is 29.1. The van der Waals surface area contributed by atoms with Gasteiger partial charge in [-0.15, -0.1) is 0 Å². The Hall–Kier alpha value is -0.850. The Kier molecular flexibility index (Phi) is 11.2. The highest BCUT2D eigenvalue weighted by atomic mass is 16.5. The summed E-state index contributed by atoms with van der Waals surface area (Å²) in [5, 5.41) is 25.0. The Morgan fingerprint density at radius 1 is 1.05 bits per heavy atom. The topological polar surface area (TPSA) is 105 Å². The number of carbonyl (C=O) groups excluding carboxylic acids is 1. The lowest BCUT2D eigenvalue weighted by Gasteiger charge is -2.60. The van der Waals surface area contributed by atoms with Crippen LogP contribution in [-0.2, 0) is 4.74 Å². The van der Waals surface area contributed by atoms with Crippen molar-refractivity contribution < 1.29 is 19.7 Å². The molecule has 3 rings (SSSR count). The van der Waals surface area contributed by atoms with Crippen molar-refractivity contribution in [2.75, 3.05) is 13.2 Å². The number of rotatable bonds is 12. The number of fused-ring (bicyclic) bond motifs is 3. The van der Waals surface area contributed by atoms with E-state index in [0.717, 1.165) is 38.5 Å². The predicted octanol–water partition coefficient (Wildman–Crippen LogP) is 6.38. The molecule has 6 heteroatoms. The lowest BCUT2D eigenvalue weighted by Crippen LogP contribution is -2.57. The molecule has 3 aliphatic carbocycles. The average molecular weight is 551 g/mol. The Balaban J connectivity index is 1.66. The van der Waals surface area contributed by atoms with E-state index in [2.05, 4.69) is 60.7 Å². The zero-order valence-electron chi connectivity index (χ0n) is 26.4. The first-order valence-corrected chi connectivity index (χ1v) is 16.3. The third-order valence-electron chi connectivity index (χ3n) is 12.0. The number of alkyl carbamates (subject to hydrolysis) is 1. The molecule has 2 unspecified atom stereocenters. The SMILES string of the molecule is CC[C@@H]1C[C@](C)(CC[C@@H](O)CN)C2CC[C@@]3(C)C(CC[C@@H]3[C@H](C)CCOC(=O)NC(C(C)C)C(C)C)[C@@H]2[C@@H]1O. The molecule has 0 spiro atoms. The maximum Gasteiger partial charge on any atom is 0.407 e. The summed E-state index contributed by atoms with van der Waals surface area (Å²) in [6.45, 7) is 18.8. The number of nitrogens with two attached hydrogens (primary N) is 1. The van der Waals surface area contributed by atoms with Gasteiger partial charge in [-0.1, -0.05) is 61.8 Å². The molecule has 0 saturated heterocycles. The van der Waals surface area contributed by atoms with E-state index in [1.807, 2.05) is 0 Å². The molecule has 0 aromatic rings. The van der Waals surface area contributed by atoms with Crippen LogP contribution in [0.1, 0.15) is 113 Å². The highest BCUT2D eigenvalue weighted by Crippen LogP contribution is 2.67. The number of hydrogen-bond acceptors (Lipinski definition) is 5. The van der Waals surface area contributed by atoms with Gasteiger partial charge in [0.2, 0.25) is 0 Å². The molecule has 3 fully saturated rings. The quantitative estimate of drug-likeness (QED) is 0.226. The van der Waals surface area contributed by atoms with Crippen molar-refractivity contribution >= 4 is 6.09 Å². The second kappa shape index (κ2) is 13.4. The van der Waals surface area contributed by atoms with E-state index in [1.54, 1.807) is 0 Å². The maximum absolute atomic E-state index is 12.5. The number of aliphatic hydroxyl groups excluding tert-OH is 2. The summed E-state index contributed by atoms with van der Waals surface area (Å²) >= 11 is 0. The Morgan fingerprint density at radius 2 is 1.72 bits per heavy atom. The molecule has 3 saturated carbocycles. The smallest absolute Gasteiger partial charge is 0.407 e. The fourth-order valence-electron chi connectivity index (χ4n) is 9.75. The largest absolute Gasteiger partial charge is 0.450 e. The maximum atomic E-state index is 12.5. The lowest BCUT2D eigenvalue weighted by atomic mass is 9.45. The van der Waals surface area contributed by atoms with Crippen LogP contribution in [-0.4, -0.2) is 47.7 Å². The molecule has 0 aromatic carbocycles. The molecule has 39 heavy (non-hydrogen) atoms. The van der Waals surface area contributed by atoms with Crippen LogP contribution in [0.4, 0.5) is 4.79 Å². The first kappa shape index (κ1) is 32.7. The highest BCUT2D eigenvalue weighted by molar-refractivity contribution is 5.67. The summed E-state index contributed by atoms with van der Waals surface area (Å²) in [5.74, 6) is 3.53. The van der Waals surface area contributed by atoms with Crippen molar-refractivity contribution in [3.8, 4) is 0 Å². The lowest BCUT2D eigenvalue weighted by molar-refractivity contribution is -0.158. The molecule has 6 nitrogen and oxygen atoms in total. The third-order valence-corrected chi connectivity index (χ3v) is 12.0. The van der Waals surface area contributed by atoms with Crippen LogP contribution in [0, 0.1) is 58.2 Å². The third kappa shape index (κ3) is 6.97. The fraction of sp³-hybridized carbons (Fsp3) is 0.970. The van der Waals surface area contributed by atoms with Crippen LogP contribution in [0.5, 0.6) is 0 Å². The number of nitrogens with one attached hydrogen (secondary N) is 1. The molecular weight excluding hydrogens is 488 g/mol. The van der Waals surface area contributed by atoms with E-state index >= 15 is 0 Å². The normalized spacial score (nSPS) is 38.0. The number of amides is 1. The molecule has 0 aromatic heterocycles. The Labute approximate surface area is 239 Å². The molecular formula is C33H62N2O4. The van der Waals surface area contributed by atoms with Gasteiger partial charge in [0.1, 0.15) is 0 Å². The highest BCUT2D eigenvalue weighted by Gasteiger charge is 2.61. The van der Waals surface area contributed by atoms with Gasteiger partial charge in [-0.2, -0.15) is 0 Å². The van der Waals surface area contributed by atoms with E-state index in [9.17, 15) is 15.0 Å². The zero-order valence-corrected chi connectivity index (χ0v) is 26.4. The van der Waals surface area contributed by atoms with Gasteiger partial charge < -0.3 is 26.0 Å². The Bertz CT molecular complexity index is 782. The first-order chi connectivity index (χ1) is 18.3. The van der Waals surface area contributed by atoms with Crippen molar-refractivity contribution in [2.24, 2.45) is 63.9 Å². The molecule has 0 bridgehead atoms. The van der Waals surface area contributed by atoms with Crippen LogP contribution in [0.15, 0.2) is 0 Å². The van der Waals surface area contributed by atoms with Crippen LogP contribution in [0.2, 0.25) is 0 Å². The first-order valence-electron chi connectivity index (χ1n) is 16.3. The van der Waals surface area contributed by atoms with Gasteiger partial charge in [0.15, 0.2) is 0 Å². The van der Waals surface area contributed by atoms with Crippen molar-refractivity contribution in [1.29, 1.82) is 0 Å².